The van der Waals surface area contributed by atoms with E-state index < -0.39 is 0 Å². The molecule has 0 saturated carbocycles. The first-order valence-corrected chi connectivity index (χ1v) is 8.64. The molecule has 0 aliphatic rings. The molecule has 26 heavy (non-hydrogen) atoms. The zero-order valence-corrected chi connectivity index (χ0v) is 15.0. The van der Waals surface area contributed by atoms with Gasteiger partial charge in [0.2, 0.25) is 0 Å². The van der Waals surface area contributed by atoms with Gasteiger partial charge in [-0.1, -0.05) is 64.8 Å². The molecule has 0 bridgehead atoms. The molecule has 0 amide bonds. The highest BCUT2D eigenvalue weighted by atomic mass is 35.5. The van der Waals surface area contributed by atoms with Crippen LogP contribution in [0.15, 0.2) is 78.2 Å². The van der Waals surface area contributed by atoms with Crippen molar-refractivity contribution in [3.05, 3.63) is 94.4 Å². The monoisotopic (exact) mass is 381 g/mol. The number of fused-ring (bicyclic) bond motifs is 1. The zero-order chi connectivity index (χ0) is 18.1. The van der Waals surface area contributed by atoms with Crippen molar-refractivity contribution in [2.24, 2.45) is 5.16 Å². The van der Waals surface area contributed by atoms with E-state index in [1.54, 1.807) is 24.4 Å². The number of hydrogen-bond acceptors (Lipinski definition) is 3. The molecule has 4 rings (SSSR count). The predicted octanol–water partition coefficient (Wildman–Crippen LogP) is 5.53. The van der Waals surface area contributed by atoms with Gasteiger partial charge in [-0.15, -0.1) is 0 Å². The minimum absolute atomic E-state index is 0.297. The summed E-state index contributed by atoms with van der Waals surface area (Å²) in [5.41, 5.74) is 4.11. The number of oxime groups is 1. The first-order chi connectivity index (χ1) is 12.7. The topological polar surface area (TPSA) is 49.9 Å². The summed E-state index contributed by atoms with van der Waals surface area (Å²) in [5.74, 6) is 0. The quantitative estimate of drug-likeness (QED) is 0.288. The van der Waals surface area contributed by atoms with Crippen LogP contribution in [0.25, 0.3) is 16.8 Å². The second-order valence-electron chi connectivity index (χ2n) is 5.70. The lowest BCUT2D eigenvalue weighted by Gasteiger charge is -2.10. The smallest absolute Gasteiger partial charge is 0.136 e. The number of nitrogens with zero attached hydrogens (tertiary/aromatic N) is 3. The maximum absolute atomic E-state index is 9.69. The summed E-state index contributed by atoms with van der Waals surface area (Å²) in [6, 6.07) is 18.8. The van der Waals surface area contributed by atoms with Crippen LogP contribution in [0.2, 0.25) is 10.0 Å². The van der Waals surface area contributed by atoms with Crippen molar-refractivity contribution < 1.29 is 5.21 Å². The van der Waals surface area contributed by atoms with Gasteiger partial charge in [-0.25, -0.2) is 0 Å². The molecule has 0 atom stereocenters. The Bertz CT molecular complexity index is 1100. The minimum Gasteiger partial charge on any atom is -0.410 e. The Hall–Kier alpha value is -2.82. The van der Waals surface area contributed by atoms with Gasteiger partial charge in [-0.05, 0) is 24.3 Å². The SMILES string of the molecule is O/N=C(\c1c(Cl)cccc1Cl)c1ccc2cnc(-c3ccccc3)cn12. The van der Waals surface area contributed by atoms with Crippen LogP contribution >= 0.6 is 23.2 Å². The first-order valence-electron chi connectivity index (χ1n) is 7.88. The summed E-state index contributed by atoms with van der Waals surface area (Å²) < 4.78 is 1.91. The van der Waals surface area contributed by atoms with E-state index >= 15 is 0 Å². The minimum atomic E-state index is 0.297. The molecule has 128 valence electrons. The van der Waals surface area contributed by atoms with Crippen LogP contribution in [0.5, 0.6) is 0 Å². The third-order valence-electron chi connectivity index (χ3n) is 4.15. The highest BCUT2D eigenvalue weighted by molar-refractivity contribution is 6.41. The van der Waals surface area contributed by atoms with Crippen molar-refractivity contribution in [1.29, 1.82) is 0 Å². The number of rotatable bonds is 3. The number of benzene rings is 2. The second kappa shape index (κ2) is 6.83. The second-order valence-corrected chi connectivity index (χ2v) is 6.51. The molecule has 0 radical (unpaired) electrons. The molecule has 4 nitrogen and oxygen atoms in total. The summed E-state index contributed by atoms with van der Waals surface area (Å²) in [4.78, 5) is 4.51. The van der Waals surface area contributed by atoms with Crippen molar-refractivity contribution >= 4 is 34.4 Å². The van der Waals surface area contributed by atoms with E-state index in [0.717, 1.165) is 16.8 Å². The third-order valence-corrected chi connectivity index (χ3v) is 4.78. The normalized spacial score (nSPS) is 11.8. The molecule has 0 aliphatic carbocycles. The van der Waals surface area contributed by atoms with E-state index in [1.165, 1.54) is 0 Å². The summed E-state index contributed by atoms with van der Waals surface area (Å²) >= 11 is 12.6. The van der Waals surface area contributed by atoms with E-state index in [4.69, 9.17) is 23.2 Å². The van der Waals surface area contributed by atoms with Gasteiger partial charge in [0.15, 0.2) is 0 Å². The molecule has 1 N–H and O–H groups in total. The van der Waals surface area contributed by atoms with Crippen LogP contribution in [-0.4, -0.2) is 20.3 Å². The molecule has 4 aromatic rings. The van der Waals surface area contributed by atoms with Crippen molar-refractivity contribution in [3.8, 4) is 11.3 Å². The molecular weight excluding hydrogens is 369 g/mol. The molecule has 6 heteroatoms. The fraction of sp³-hybridized carbons (Fsp3) is 0. The molecule has 0 unspecified atom stereocenters. The van der Waals surface area contributed by atoms with Crippen LogP contribution in [0.3, 0.4) is 0 Å². The Balaban J connectivity index is 1.91. The average molecular weight is 382 g/mol. The zero-order valence-electron chi connectivity index (χ0n) is 13.5. The van der Waals surface area contributed by atoms with E-state index in [1.807, 2.05) is 53.1 Å². The largest absolute Gasteiger partial charge is 0.410 e. The van der Waals surface area contributed by atoms with Crippen molar-refractivity contribution in [2.75, 3.05) is 0 Å². The first kappa shape index (κ1) is 16.6. The standard InChI is InChI=1S/C20H13Cl2N3O/c21-15-7-4-8-16(22)19(15)20(24-26)18-10-9-14-11-23-17(12-25(14)18)13-5-2-1-3-6-13/h1-12,26H/b24-20-. The van der Waals surface area contributed by atoms with Crippen molar-refractivity contribution in [3.63, 3.8) is 0 Å². The Labute approximate surface area is 159 Å². The Morgan fingerprint density at radius 1 is 0.923 bits per heavy atom. The lowest BCUT2D eigenvalue weighted by Crippen LogP contribution is -2.09. The van der Waals surface area contributed by atoms with Gasteiger partial charge >= 0.3 is 0 Å². The van der Waals surface area contributed by atoms with E-state index in [9.17, 15) is 5.21 Å². The van der Waals surface area contributed by atoms with E-state index in [-0.39, 0.29) is 0 Å². The van der Waals surface area contributed by atoms with Crippen LogP contribution in [0, 0.1) is 0 Å². The molecule has 0 aliphatic heterocycles. The fourth-order valence-corrected chi connectivity index (χ4v) is 3.49. The summed E-state index contributed by atoms with van der Waals surface area (Å²) in [6.45, 7) is 0. The maximum atomic E-state index is 9.69. The van der Waals surface area contributed by atoms with Crippen LogP contribution < -0.4 is 0 Å². The van der Waals surface area contributed by atoms with Crippen LogP contribution in [0.1, 0.15) is 11.3 Å². The Morgan fingerprint density at radius 2 is 1.65 bits per heavy atom. The Kier molecular flexibility index (Phi) is 4.37. The molecule has 2 aromatic carbocycles. The molecule has 0 spiro atoms. The molecule has 2 heterocycles. The lowest BCUT2D eigenvalue weighted by molar-refractivity contribution is 0.319. The highest BCUT2D eigenvalue weighted by Gasteiger charge is 2.19. The van der Waals surface area contributed by atoms with Gasteiger partial charge in [-0.2, -0.15) is 0 Å². The molecular formula is C20H13Cl2N3O. The Morgan fingerprint density at radius 3 is 2.35 bits per heavy atom. The molecule has 0 saturated heterocycles. The van der Waals surface area contributed by atoms with Gasteiger partial charge in [0.05, 0.1) is 33.1 Å². The van der Waals surface area contributed by atoms with Gasteiger partial charge in [0, 0.05) is 17.3 Å². The fourth-order valence-electron chi connectivity index (χ4n) is 2.91. The highest BCUT2D eigenvalue weighted by Crippen LogP contribution is 2.28. The van der Waals surface area contributed by atoms with Gasteiger partial charge in [-0.3, -0.25) is 4.98 Å². The van der Waals surface area contributed by atoms with E-state index in [0.29, 0.717) is 27.0 Å². The summed E-state index contributed by atoms with van der Waals surface area (Å²) in [7, 11) is 0. The average Bonchev–Trinajstić information content (AvgIpc) is 3.08. The van der Waals surface area contributed by atoms with Gasteiger partial charge in [0.1, 0.15) is 5.71 Å². The van der Waals surface area contributed by atoms with Crippen LogP contribution in [0.4, 0.5) is 0 Å². The third kappa shape index (κ3) is 2.83. The van der Waals surface area contributed by atoms with Gasteiger partial charge < -0.3 is 9.61 Å². The summed E-state index contributed by atoms with van der Waals surface area (Å²) in [6.07, 6.45) is 3.67. The van der Waals surface area contributed by atoms with Crippen molar-refractivity contribution in [2.45, 2.75) is 0 Å². The number of aromatic nitrogens is 2. The molecule has 2 aromatic heterocycles. The summed E-state index contributed by atoms with van der Waals surface area (Å²) in [5, 5.41) is 14.0. The number of hydrogen-bond donors (Lipinski definition) is 1. The van der Waals surface area contributed by atoms with Crippen LogP contribution in [-0.2, 0) is 0 Å². The van der Waals surface area contributed by atoms with E-state index in [2.05, 4.69) is 10.1 Å². The molecule has 0 fully saturated rings. The predicted molar refractivity (Wildman–Crippen MR) is 105 cm³/mol. The maximum Gasteiger partial charge on any atom is 0.136 e. The van der Waals surface area contributed by atoms with Gasteiger partial charge in [0.25, 0.3) is 0 Å². The van der Waals surface area contributed by atoms with Crippen molar-refractivity contribution in [1.82, 2.24) is 9.38 Å². The lowest BCUT2D eigenvalue weighted by atomic mass is 10.1. The number of halogens is 2.